The summed E-state index contributed by atoms with van der Waals surface area (Å²) in [5.74, 6) is -2.67. The lowest BCUT2D eigenvalue weighted by Gasteiger charge is -2.10. The molecule has 0 amide bonds. The van der Waals surface area contributed by atoms with Crippen LogP contribution in [-0.2, 0) is 0 Å². The van der Waals surface area contributed by atoms with Gasteiger partial charge in [-0.05, 0) is 30.5 Å². The van der Waals surface area contributed by atoms with E-state index in [4.69, 9.17) is 0 Å². The Morgan fingerprint density at radius 3 is 1.71 bits per heavy atom. The molecule has 21 heavy (non-hydrogen) atoms. The third-order valence-electron chi connectivity index (χ3n) is 2.88. The lowest BCUT2D eigenvalue weighted by Crippen LogP contribution is -1.95. The summed E-state index contributed by atoms with van der Waals surface area (Å²) in [6.07, 6.45) is 0. The van der Waals surface area contributed by atoms with E-state index in [1.54, 1.807) is 19.1 Å². The summed E-state index contributed by atoms with van der Waals surface area (Å²) >= 11 is 0. The van der Waals surface area contributed by atoms with Gasteiger partial charge in [-0.15, -0.1) is 0 Å². The second kappa shape index (κ2) is 9.22. The minimum Gasteiger partial charge on any atom is -0.207 e. The minimum atomic E-state index is -0.908. The Hall–Kier alpha value is -1.77. The van der Waals surface area contributed by atoms with Gasteiger partial charge in [0.1, 0.15) is 17.5 Å². The molecule has 2 aromatic carbocycles. The Bertz CT molecular complexity index is 552. The molecule has 0 atom stereocenters. The molecular weight excluding hydrogens is 273 g/mol. The summed E-state index contributed by atoms with van der Waals surface area (Å²) in [6.45, 7) is 11.6. The van der Waals surface area contributed by atoms with Crippen LogP contribution in [0, 0.1) is 31.3 Å². The van der Waals surface area contributed by atoms with E-state index in [0.29, 0.717) is 17.7 Å². The van der Waals surface area contributed by atoms with Crippen molar-refractivity contribution >= 4 is 0 Å². The molecule has 0 unspecified atom stereocenters. The SMILES string of the molecule is CC.CC.Cc1cccc(-c2c(F)cc(F)cc2F)c1C. The average Bonchev–Trinajstić information content (AvgIpc) is 2.47. The van der Waals surface area contributed by atoms with Crippen LogP contribution >= 0.6 is 0 Å². The van der Waals surface area contributed by atoms with Gasteiger partial charge >= 0.3 is 0 Å². The van der Waals surface area contributed by atoms with E-state index < -0.39 is 17.5 Å². The normalized spacial score (nSPS) is 9.19. The molecule has 0 aromatic heterocycles. The van der Waals surface area contributed by atoms with Crippen LogP contribution in [0.3, 0.4) is 0 Å². The van der Waals surface area contributed by atoms with Crippen LogP contribution in [0.5, 0.6) is 0 Å². The number of halogens is 3. The molecule has 0 N–H and O–H groups in total. The van der Waals surface area contributed by atoms with Crippen LogP contribution in [0.1, 0.15) is 38.8 Å². The zero-order valence-electron chi connectivity index (χ0n) is 13.5. The van der Waals surface area contributed by atoms with Crippen molar-refractivity contribution in [1.82, 2.24) is 0 Å². The molecule has 3 heteroatoms. The molecule has 0 fully saturated rings. The number of hydrogen-bond acceptors (Lipinski definition) is 0. The molecule has 116 valence electrons. The van der Waals surface area contributed by atoms with Gasteiger partial charge in [0.05, 0.1) is 5.56 Å². The van der Waals surface area contributed by atoms with Gasteiger partial charge in [-0.2, -0.15) is 0 Å². The summed E-state index contributed by atoms with van der Waals surface area (Å²) in [6, 6.07) is 6.60. The summed E-state index contributed by atoms with van der Waals surface area (Å²) in [4.78, 5) is 0. The average molecular weight is 296 g/mol. The van der Waals surface area contributed by atoms with Crippen LogP contribution in [0.2, 0.25) is 0 Å². The first kappa shape index (κ1) is 19.2. The zero-order valence-corrected chi connectivity index (χ0v) is 13.5. The van der Waals surface area contributed by atoms with Gasteiger partial charge in [-0.25, -0.2) is 13.2 Å². The molecule has 0 aliphatic carbocycles. The monoisotopic (exact) mass is 296 g/mol. The molecule has 0 nitrogen and oxygen atoms in total. The summed E-state index contributed by atoms with van der Waals surface area (Å²) in [5, 5.41) is 0. The lowest BCUT2D eigenvalue weighted by atomic mass is 9.96. The minimum absolute atomic E-state index is 0.174. The second-order valence-electron chi connectivity index (χ2n) is 3.99. The second-order valence-corrected chi connectivity index (χ2v) is 3.99. The first-order chi connectivity index (χ1) is 10.0. The van der Waals surface area contributed by atoms with Crippen molar-refractivity contribution in [2.75, 3.05) is 0 Å². The molecule has 0 aliphatic heterocycles. The van der Waals surface area contributed by atoms with Gasteiger partial charge in [0.15, 0.2) is 0 Å². The maximum Gasteiger partial charge on any atom is 0.136 e. The lowest BCUT2D eigenvalue weighted by molar-refractivity contribution is 0.548. The number of hydrogen-bond donors (Lipinski definition) is 0. The molecule has 0 saturated heterocycles. The molecule has 2 rings (SSSR count). The Labute approximate surface area is 125 Å². The quantitative estimate of drug-likeness (QED) is 0.568. The van der Waals surface area contributed by atoms with Crippen LogP contribution in [0.15, 0.2) is 30.3 Å². The van der Waals surface area contributed by atoms with Gasteiger partial charge in [0.25, 0.3) is 0 Å². The third kappa shape index (κ3) is 4.62. The van der Waals surface area contributed by atoms with Gasteiger partial charge in [0, 0.05) is 12.1 Å². The van der Waals surface area contributed by atoms with Crippen molar-refractivity contribution in [1.29, 1.82) is 0 Å². The molecule has 0 bridgehead atoms. The molecule has 0 spiro atoms. The highest BCUT2D eigenvalue weighted by atomic mass is 19.1. The molecular formula is C18H23F3. The van der Waals surface area contributed by atoms with E-state index in [2.05, 4.69) is 0 Å². The van der Waals surface area contributed by atoms with E-state index in [9.17, 15) is 13.2 Å². The van der Waals surface area contributed by atoms with Gasteiger partial charge in [-0.1, -0.05) is 45.9 Å². The highest BCUT2D eigenvalue weighted by molar-refractivity contribution is 5.69. The van der Waals surface area contributed by atoms with Crippen molar-refractivity contribution in [2.45, 2.75) is 41.5 Å². The maximum atomic E-state index is 13.6. The largest absolute Gasteiger partial charge is 0.207 e. The Morgan fingerprint density at radius 2 is 1.24 bits per heavy atom. The van der Waals surface area contributed by atoms with E-state index in [1.165, 1.54) is 0 Å². The third-order valence-corrected chi connectivity index (χ3v) is 2.88. The predicted octanol–water partition coefficient (Wildman–Crippen LogP) is 6.44. The van der Waals surface area contributed by atoms with Crippen LogP contribution in [0.25, 0.3) is 11.1 Å². The smallest absolute Gasteiger partial charge is 0.136 e. The van der Waals surface area contributed by atoms with E-state index in [-0.39, 0.29) is 5.56 Å². The fraction of sp³-hybridized carbons (Fsp3) is 0.333. The van der Waals surface area contributed by atoms with Crippen LogP contribution in [0.4, 0.5) is 13.2 Å². The zero-order chi connectivity index (χ0) is 16.6. The van der Waals surface area contributed by atoms with Gasteiger partial charge in [0.2, 0.25) is 0 Å². The Morgan fingerprint density at radius 1 is 0.762 bits per heavy atom. The summed E-state index contributed by atoms with van der Waals surface area (Å²) in [7, 11) is 0. The van der Waals surface area contributed by atoms with E-state index in [1.807, 2.05) is 40.7 Å². The molecule has 0 heterocycles. The first-order valence-corrected chi connectivity index (χ1v) is 7.22. The predicted molar refractivity (Wildman–Crippen MR) is 83.9 cm³/mol. The standard InChI is InChI=1S/C14H11F3.2C2H6/c1-8-4-3-5-11(9(8)2)14-12(16)6-10(15)7-13(14)17;2*1-2/h3-7H,1-2H3;2*1-2H3. The fourth-order valence-corrected chi connectivity index (χ4v) is 1.82. The fourth-order valence-electron chi connectivity index (χ4n) is 1.82. The number of aryl methyl sites for hydroxylation is 1. The number of benzene rings is 2. The Balaban J connectivity index is 0.000000921. The molecule has 0 radical (unpaired) electrons. The van der Waals surface area contributed by atoms with Crippen molar-refractivity contribution in [2.24, 2.45) is 0 Å². The van der Waals surface area contributed by atoms with E-state index >= 15 is 0 Å². The van der Waals surface area contributed by atoms with Crippen LogP contribution in [-0.4, -0.2) is 0 Å². The number of rotatable bonds is 1. The highest BCUT2D eigenvalue weighted by Gasteiger charge is 2.15. The van der Waals surface area contributed by atoms with Crippen molar-refractivity contribution in [3.63, 3.8) is 0 Å². The van der Waals surface area contributed by atoms with Crippen molar-refractivity contribution < 1.29 is 13.2 Å². The topological polar surface area (TPSA) is 0 Å². The van der Waals surface area contributed by atoms with Crippen molar-refractivity contribution in [3.8, 4) is 11.1 Å². The van der Waals surface area contributed by atoms with Crippen LogP contribution < -0.4 is 0 Å². The Kier molecular flexibility index (Phi) is 8.44. The maximum absolute atomic E-state index is 13.6. The highest BCUT2D eigenvalue weighted by Crippen LogP contribution is 2.30. The van der Waals surface area contributed by atoms with Gasteiger partial charge in [-0.3, -0.25) is 0 Å². The summed E-state index contributed by atoms with van der Waals surface area (Å²) < 4.78 is 40.1. The van der Waals surface area contributed by atoms with Crippen molar-refractivity contribution in [3.05, 3.63) is 58.9 Å². The molecule has 0 saturated carbocycles. The first-order valence-electron chi connectivity index (χ1n) is 7.22. The van der Waals surface area contributed by atoms with E-state index in [0.717, 1.165) is 11.1 Å². The molecule has 0 aliphatic rings. The van der Waals surface area contributed by atoms with Gasteiger partial charge < -0.3 is 0 Å². The molecule has 2 aromatic rings. The summed E-state index contributed by atoms with van der Waals surface area (Å²) in [5.41, 5.74) is 2.01.